The number of allylic oxidation sites excluding steroid dienone is 1. The monoisotopic (exact) mass is 401 g/mol. The van der Waals surface area contributed by atoms with Gasteiger partial charge in [-0.15, -0.1) is 17.9 Å². The number of rotatable bonds is 9. The molecule has 1 aromatic carbocycles. The number of non-ortho nitro benzene ring substituents is 1. The SMILES string of the molecule is C=CCN(C(=O)COC(=O)/C=C/CC)c1nc(-c2ccc([N+](=O)[O-])cc2)cs1. The maximum absolute atomic E-state index is 12.4. The van der Waals surface area contributed by atoms with Crippen molar-refractivity contribution < 1.29 is 19.2 Å². The molecule has 0 bridgehead atoms. The number of esters is 1. The first-order valence-corrected chi connectivity index (χ1v) is 9.29. The maximum Gasteiger partial charge on any atom is 0.330 e. The van der Waals surface area contributed by atoms with Crippen LogP contribution in [-0.2, 0) is 14.3 Å². The largest absolute Gasteiger partial charge is 0.452 e. The van der Waals surface area contributed by atoms with Gasteiger partial charge in [-0.2, -0.15) is 0 Å². The molecule has 1 amide bonds. The summed E-state index contributed by atoms with van der Waals surface area (Å²) in [4.78, 5) is 40.0. The molecule has 0 atom stereocenters. The van der Waals surface area contributed by atoms with Crippen molar-refractivity contribution in [2.75, 3.05) is 18.1 Å². The Labute approximate surface area is 165 Å². The second-order valence-electron chi connectivity index (χ2n) is 5.53. The zero-order valence-corrected chi connectivity index (χ0v) is 16.1. The van der Waals surface area contributed by atoms with Gasteiger partial charge in [0.25, 0.3) is 11.6 Å². The summed E-state index contributed by atoms with van der Waals surface area (Å²) in [6.07, 6.45) is 5.16. The van der Waals surface area contributed by atoms with Crippen LogP contribution in [-0.4, -0.2) is 34.9 Å². The van der Waals surface area contributed by atoms with E-state index in [1.165, 1.54) is 34.4 Å². The van der Waals surface area contributed by atoms with Crippen LogP contribution < -0.4 is 4.90 Å². The minimum absolute atomic E-state index is 0.0124. The Balaban J connectivity index is 2.12. The van der Waals surface area contributed by atoms with Gasteiger partial charge in [0.05, 0.1) is 10.6 Å². The molecule has 0 saturated heterocycles. The summed E-state index contributed by atoms with van der Waals surface area (Å²) in [5.41, 5.74) is 1.26. The molecule has 1 heterocycles. The lowest BCUT2D eigenvalue weighted by Crippen LogP contribution is -2.34. The van der Waals surface area contributed by atoms with Crippen molar-refractivity contribution in [1.82, 2.24) is 4.98 Å². The molecule has 0 aliphatic carbocycles. The number of benzene rings is 1. The van der Waals surface area contributed by atoms with Crippen molar-refractivity contribution >= 4 is 34.0 Å². The molecule has 0 N–H and O–H groups in total. The van der Waals surface area contributed by atoms with Crippen LogP contribution in [0.25, 0.3) is 11.3 Å². The third kappa shape index (κ3) is 5.58. The summed E-state index contributed by atoms with van der Waals surface area (Å²) in [5, 5.41) is 12.9. The number of nitro groups is 1. The number of carbonyl (C=O) groups is 2. The lowest BCUT2D eigenvalue weighted by molar-refractivity contribution is -0.384. The number of anilines is 1. The summed E-state index contributed by atoms with van der Waals surface area (Å²) in [5.74, 6) is -1.01. The molecule has 0 aliphatic heterocycles. The van der Waals surface area contributed by atoms with Crippen LogP contribution in [0.1, 0.15) is 13.3 Å². The lowest BCUT2D eigenvalue weighted by atomic mass is 10.1. The molecule has 0 aliphatic rings. The highest BCUT2D eigenvalue weighted by Gasteiger charge is 2.20. The molecule has 1 aromatic heterocycles. The molecule has 0 spiro atoms. The first-order chi connectivity index (χ1) is 13.5. The molecule has 2 rings (SSSR count). The zero-order valence-electron chi connectivity index (χ0n) is 15.2. The van der Waals surface area contributed by atoms with Crippen LogP contribution >= 0.6 is 11.3 Å². The average Bonchev–Trinajstić information content (AvgIpc) is 3.18. The van der Waals surface area contributed by atoms with E-state index in [1.54, 1.807) is 29.7 Å². The number of nitrogens with zero attached hydrogens (tertiary/aromatic N) is 3. The third-order valence-corrected chi connectivity index (χ3v) is 4.40. The predicted molar refractivity (Wildman–Crippen MR) is 107 cm³/mol. The van der Waals surface area contributed by atoms with E-state index in [1.807, 2.05) is 6.92 Å². The van der Waals surface area contributed by atoms with Gasteiger partial charge in [0, 0.05) is 35.7 Å². The summed E-state index contributed by atoms with van der Waals surface area (Å²) < 4.78 is 4.94. The van der Waals surface area contributed by atoms with Crippen LogP contribution in [0.5, 0.6) is 0 Å². The normalized spacial score (nSPS) is 10.6. The van der Waals surface area contributed by atoms with Crippen LogP contribution in [0.2, 0.25) is 0 Å². The summed E-state index contributed by atoms with van der Waals surface area (Å²) in [6.45, 7) is 5.31. The molecule has 8 nitrogen and oxygen atoms in total. The third-order valence-electron chi connectivity index (χ3n) is 3.54. The van der Waals surface area contributed by atoms with E-state index in [0.29, 0.717) is 22.8 Å². The Morgan fingerprint density at radius 3 is 2.68 bits per heavy atom. The Kier molecular flexibility index (Phi) is 7.58. The van der Waals surface area contributed by atoms with Gasteiger partial charge in [0.2, 0.25) is 0 Å². The molecule has 146 valence electrons. The first-order valence-electron chi connectivity index (χ1n) is 8.41. The minimum atomic E-state index is -0.584. The van der Waals surface area contributed by atoms with E-state index in [-0.39, 0.29) is 12.2 Å². The second-order valence-corrected chi connectivity index (χ2v) is 6.37. The maximum atomic E-state index is 12.4. The lowest BCUT2D eigenvalue weighted by Gasteiger charge is -2.17. The summed E-state index contributed by atoms with van der Waals surface area (Å²) >= 11 is 1.24. The molecule has 0 saturated carbocycles. The van der Waals surface area contributed by atoms with Gasteiger partial charge >= 0.3 is 5.97 Å². The molecule has 0 fully saturated rings. The van der Waals surface area contributed by atoms with E-state index in [2.05, 4.69) is 11.6 Å². The van der Waals surface area contributed by atoms with Gasteiger partial charge in [0.1, 0.15) is 0 Å². The molecule has 0 radical (unpaired) electrons. The fourth-order valence-corrected chi connectivity index (χ4v) is 3.02. The number of ether oxygens (including phenoxy) is 1. The van der Waals surface area contributed by atoms with Crippen LogP contribution in [0.3, 0.4) is 0 Å². The number of amides is 1. The molecule has 28 heavy (non-hydrogen) atoms. The topological polar surface area (TPSA) is 103 Å². The van der Waals surface area contributed by atoms with Crippen LogP contribution in [0.15, 0.2) is 54.5 Å². The fourth-order valence-electron chi connectivity index (χ4n) is 2.16. The highest BCUT2D eigenvalue weighted by molar-refractivity contribution is 7.14. The van der Waals surface area contributed by atoms with E-state index in [9.17, 15) is 19.7 Å². The van der Waals surface area contributed by atoms with E-state index in [0.717, 1.165) is 0 Å². The number of hydrogen-bond acceptors (Lipinski definition) is 7. The Morgan fingerprint density at radius 2 is 2.07 bits per heavy atom. The number of carbonyl (C=O) groups excluding carboxylic acids is 2. The second kappa shape index (κ2) is 10.1. The quantitative estimate of drug-likeness (QED) is 0.208. The van der Waals surface area contributed by atoms with Crippen molar-refractivity contribution in [3.63, 3.8) is 0 Å². The molecule has 9 heteroatoms. The van der Waals surface area contributed by atoms with Crippen molar-refractivity contribution in [3.8, 4) is 11.3 Å². The number of hydrogen-bond donors (Lipinski definition) is 0. The van der Waals surface area contributed by atoms with Gasteiger partial charge in [0.15, 0.2) is 11.7 Å². The molecule has 0 unspecified atom stereocenters. The van der Waals surface area contributed by atoms with Gasteiger partial charge in [-0.1, -0.05) is 19.1 Å². The molecule has 2 aromatic rings. The number of thiazole rings is 1. The van der Waals surface area contributed by atoms with E-state index < -0.39 is 23.4 Å². The summed E-state index contributed by atoms with van der Waals surface area (Å²) in [7, 11) is 0. The minimum Gasteiger partial charge on any atom is -0.452 e. The molecular weight excluding hydrogens is 382 g/mol. The zero-order chi connectivity index (χ0) is 20.5. The van der Waals surface area contributed by atoms with E-state index >= 15 is 0 Å². The van der Waals surface area contributed by atoms with Crippen molar-refractivity contribution in [2.45, 2.75) is 13.3 Å². The fraction of sp³-hybridized carbons (Fsp3) is 0.211. The van der Waals surface area contributed by atoms with Crippen LogP contribution in [0, 0.1) is 10.1 Å². The van der Waals surface area contributed by atoms with Gasteiger partial charge in [-0.25, -0.2) is 9.78 Å². The average molecular weight is 401 g/mol. The van der Waals surface area contributed by atoms with Crippen molar-refractivity contribution in [2.24, 2.45) is 0 Å². The molecular formula is C19H19N3O5S. The highest BCUT2D eigenvalue weighted by Crippen LogP contribution is 2.28. The standard InChI is InChI=1S/C19H19N3O5S/c1-3-5-6-18(24)27-12-17(23)21(11-4-2)19-20-16(13-28-19)14-7-9-15(10-8-14)22(25)26/h4-10,13H,2-3,11-12H2,1H3/b6-5+. The number of nitro benzene ring substituents is 1. The van der Waals surface area contributed by atoms with E-state index in [4.69, 9.17) is 4.74 Å². The van der Waals surface area contributed by atoms with Gasteiger partial charge in [-0.05, 0) is 18.6 Å². The Bertz CT molecular complexity index is 889. The Morgan fingerprint density at radius 1 is 1.36 bits per heavy atom. The highest BCUT2D eigenvalue weighted by atomic mass is 32.1. The number of aromatic nitrogens is 1. The van der Waals surface area contributed by atoms with Gasteiger partial charge < -0.3 is 4.74 Å². The van der Waals surface area contributed by atoms with Gasteiger partial charge in [-0.3, -0.25) is 19.8 Å². The van der Waals surface area contributed by atoms with Crippen molar-refractivity contribution in [3.05, 3.63) is 64.6 Å². The van der Waals surface area contributed by atoms with Crippen LogP contribution in [0.4, 0.5) is 10.8 Å². The smallest absolute Gasteiger partial charge is 0.330 e. The summed E-state index contributed by atoms with van der Waals surface area (Å²) in [6, 6.07) is 5.98. The Hall–Kier alpha value is -3.33. The first kappa shape index (κ1) is 21.0. The predicted octanol–water partition coefficient (Wildman–Crippen LogP) is 3.75. The van der Waals surface area contributed by atoms with Crippen molar-refractivity contribution in [1.29, 1.82) is 0 Å².